The molecule has 0 aliphatic heterocycles. The van der Waals surface area contributed by atoms with Gasteiger partial charge in [-0.2, -0.15) is 0 Å². The molecule has 0 saturated carbocycles. The molecule has 0 heterocycles. The highest BCUT2D eigenvalue weighted by molar-refractivity contribution is 14.1. The van der Waals surface area contributed by atoms with Crippen molar-refractivity contribution in [2.24, 2.45) is 0 Å². The topological polar surface area (TPSA) is 20.2 Å². The maximum atomic E-state index is 8.20. The predicted molar refractivity (Wildman–Crippen MR) is 39.7 cm³/mol. The lowest BCUT2D eigenvalue weighted by molar-refractivity contribution is 0.342. The van der Waals surface area contributed by atoms with Crippen molar-refractivity contribution >= 4 is 22.6 Å². The second-order valence-electron chi connectivity index (χ2n) is 1.13. The Morgan fingerprint density at radius 1 is 1.43 bits per heavy atom. The Hall–Kier alpha value is 0.430. The maximum Gasteiger partial charge on any atom is 0.0612 e. The SMILES string of the molecule is OC/C=C/CCI. The lowest BCUT2D eigenvalue weighted by Crippen LogP contribution is -1.71. The van der Waals surface area contributed by atoms with Gasteiger partial charge in [0.1, 0.15) is 0 Å². The van der Waals surface area contributed by atoms with Gasteiger partial charge in [0, 0.05) is 4.43 Å². The van der Waals surface area contributed by atoms with E-state index < -0.39 is 0 Å². The van der Waals surface area contributed by atoms with Crippen LogP contribution in [0.25, 0.3) is 0 Å². The molecular formula is C5H9IO. The van der Waals surface area contributed by atoms with Gasteiger partial charge in [0.15, 0.2) is 0 Å². The fourth-order valence-electron chi connectivity index (χ4n) is 0.255. The number of hydrogen-bond acceptors (Lipinski definition) is 1. The number of aliphatic hydroxyl groups is 1. The average molecular weight is 212 g/mol. The Kier molecular flexibility index (Phi) is 6.82. The largest absolute Gasteiger partial charge is 0.392 e. The molecule has 0 fully saturated rings. The minimum absolute atomic E-state index is 0.177. The molecule has 0 saturated heterocycles. The van der Waals surface area contributed by atoms with E-state index in [9.17, 15) is 0 Å². The van der Waals surface area contributed by atoms with Crippen LogP contribution in [-0.2, 0) is 0 Å². The first-order valence-corrected chi connectivity index (χ1v) is 3.76. The monoisotopic (exact) mass is 212 g/mol. The van der Waals surface area contributed by atoms with E-state index in [1.807, 2.05) is 6.08 Å². The van der Waals surface area contributed by atoms with Crippen molar-refractivity contribution in [2.75, 3.05) is 11.0 Å². The molecule has 2 heteroatoms. The third-order valence-electron chi connectivity index (χ3n) is 0.548. The van der Waals surface area contributed by atoms with E-state index in [2.05, 4.69) is 22.6 Å². The van der Waals surface area contributed by atoms with Crippen LogP contribution in [-0.4, -0.2) is 16.1 Å². The summed E-state index contributed by atoms with van der Waals surface area (Å²) in [7, 11) is 0. The minimum Gasteiger partial charge on any atom is -0.392 e. The maximum absolute atomic E-state index is 8.20. The van der Waals surface area contributed by atoms with Gasteiger partial charge in [-0.1, -0.05) is 34.7 Å². The Balaban J connectivity index is 2.78. The van der Waals surface area contributed by atoms with Crippen LogP contribution in [0.15, 0.2) is 12.2 Å². The molecule has 0 aromatic carbocycles. The molecule has 0 radical (unpaired) electrons. The molecule has 0 aromatic rings. The van der Waals surface area contributed by atoms with E-state index in [1.54, 1.807) is 6.08 Å². The van der Waals surface area contributed by atoms with E-state index in [0.29, 0.717) is 0 Å². The second kappa shape index (κ2) is 6.43. The van der Waals surface area contributed by atoms with Gasteiger partial charge < -0.3 is 5.11 Å². The van der Waals surface area contributed by atoms with E-state index in [0.717, 1.165) is 10.8 Å². The molecular weight excluding hydrogens is 203 g/mol. The van der Waals surface area contributed by atoms with Crippen molar-refractivity contribution in [1.29, 1.82) is 0 Å². The molecule has 7 heavy (non-hydrogen) atoms. The summed E-state index contributed by atoms with van der Waals surface area (Å²) in [6.45, 7) is 0.177. The minimum atomic E-state index is 0.177. The molecule has 0 aliphatic carbocycles. The molecule has 0 bridgehead atoms. The van der Waals surface area contributed by atoms with Gasteiger partial charge in [-0.05, 0) is 6.42 Å². The fraction of sp³-hybridized carbons (Fsp3) is 0.600. The molecule has 1 N–H and O–H groups in total. The summed E-state index contributed by atoms with van der Waals surface area (Å²) in [5.74, 6) is 0. The Morgan fingerprint density at radius 2 is 2.14 bits per heavy atom. The number of halogens is 1. The molecule has 0 aliphatic rings. The zero-order valence-electron chi connectivity index (χ0n) is 4.10. The van der Waals surface area contributed by atoms with Crippen LogP contribution in [0.1, 0.15) is 6.42 Å². The summed E-state index contributed by atoms with van der Waals surface area (Å²) in [4.78, 5) is 0. The number of alkyl halides is 1. The normalized spacial score (nSPS) is 10.6. The van der Waals surface area contributed by atoms with Gasteiger partial charge >= 0.3 is 0 Å². The van der Waals surface area contributed by atoms with E-state index in [4.69, 9.17) is 5.11 Å². The smallest absolute Gasteiger partial charge is 0.0612 e. The van der Waals surface area contributed by atoms with Gasteiger partial charge in [-0.15, -0.1) is 0 Å². The number of hydrogen-bond donors (Lipinski definition) is 1. The first-order chi connectivity index (χ1) is 3.41. The zero-order valence-corrected chi connectivity index (χ0v) is 6.26. The van der Waals surface area contributed by atoms with Crippen LogP contribution in [0.4, 0.5) is 0 Å². The van der Waals surface area contributed by atoms with E-state index >= 15 is 0 Å². The van der Waals surface area contributed by atoms with E-state index in [-0.39, 0.29) is 6.61 Å². The average Bonchev–Trinajstić information content (AvgIpc) is 1.69. The molecule has 0 aromatic heterocycles. The molecule has 0 spiro atoms. The number of rotatable bonds is 3. The number of aliphatic hydroxyl groups excluding tert-OH is 1. The Bertz CT molecular complexity index is 52.0. The van der Waals surface area contributed by atoms with Crippen molar-refractivity contribution in [1.82, 2.24) is 0 Å². The van der Waals surface area contributed by atoms with Crippen molar-refractivity contribution < 1.29 is 5.11 Å². The summed E-state index contributed by atoms with van der Waals surface area (Å²) in [6.07, 6.45) is 4.81. The van der Waals surface area contributed by atoms with E-state index in [1.165, 1.54) is 0 Å². The molecule has 0 unspecified atom stereocenters. The van der Waals surface area contributed by atoms with Crippen LogP contribution in [0.2, 0.25) is 0 Å². The van der Waals surface area contributed by atoms with Crippen LogP contribution in [0, 0.1) is 0 Å². The van der Waals surface area contributed by atoms with Gasteiger partial charge in [-0.25, -0.2) is 0 Å². The molecule has 0 amide bonds. The summed E-state index contributed by atoms with van der Waals surface area (Å²) in [6, 6.07) is 0. The fourth-order valence-corrected chi connectivity index (χ4v) is 0.615. The Labute approximate surface area is 57.6 Å². The van der Waals surface area contributed by atoms with Crippen LogP contribution in [0.3, 0.4) is 0 Å². The first-order valence-electron chi connectivity index (χ1n) is 2.23. The standard InChI is InChI=1S/C5H9IO/c6-4-2-1-3-5-7/h1,3,7H,2,4-5H2/b3-1+. The molecule has 42 valence electrons. The lowest BCUT2D eigenvalue weighted by Gasteiger charge is -1.78. The van der Waals surface area contributed by atoms with Crippen molar-refractivity contribution in [3.05, 3.63) is 12.2 Å². The Morgan fingerprint density at radius 3 is 2.57 bits per heavy atom. The van der Waals surface area contributed by atoms with Crippen LogP contribution >= 0.6 is 22.6 Å². The van der Waals surface area contributed by atoms with Gasteiger partial charge in [-0.3, -0.25) is 0 Å². The van der Waals surface area contributed by atoms with Crippen molar-refractivity contribution in [3.63, 3.8) is 0 Å². The van der Waals surface area contributed by atoms with Crippen molar-refractivity contribution in [3.8, 4) is 0 Å². The molecule has 0 rings (SSSR count). The third kappa shape index (κ3) is 6.43. The first kappa shape index (κ1) is 7.43. The lowest BCUT2D eigenvalue weighted by atomic mass is 10.4. The summed E-state index contributed by atoms with van der Waals surface area (Å²) in [5.41, 5.74) is 0. The zero-order chi connectivity index (χ0) is 5.54. The highest BCUT2D eigenvalue weighted by Crippen LogP contribution is 1.88. The quantitative estimate of drug-likeness (QED) is 0.425. The predicted octanol–water partition coefficient (Wildman–Crippen LogP) is 1.36. The third-order valence-corrected chi connectivity index (χ3v) is 1.17. The second-order valence-corrected chi connectivity index (χ2v) is 2.21. The van der Waals surface area contributed by atoms with Gasteiger partial charge in [0.2, 0.25) is 0 Å². The molecule has 0 atom stereocenters. The van der Waals surface area contributed by atoms with Gasteiger partial charge in [0.25, 0.3) is 0 Å². The summed E-state index contributed by atoms with van der Waals surface area (Å²) < 4.78 is 1.13. The number of allylic oxidation sites excluding steroid dienone is 1. The van der Waals surface area contributed by atoms with Crippen LogP contribution < -0.4 is 0 Å². The molecule has 1 nitrogen and oxygen atoms in total. The summed E-state index contributed by atoms with van der Waals surface area (Å²) >= 11 is 2.29. The van der Waals surface area contributed by atoms with Gasteiger partial charge in [0.05, 0.1) is 6.61 Å². The summed E-state index contributed by atoms with van der Waals surface area (Å²) in [5, 5.41) is 8.20. The van der Waals surface area contributed by atoms with Crippen molar-refractivity contribution in [2.45, 2.75) is 6.42 Å². The highest BCUT2D eigenvalue weighted by atomic mass is 127. The highest BCUT2D eigenvalue weighted by Gasteiger charge is 1.69. The van der Waals surface area contributed by atoms with Crippen LogP contribution in [0.5, 0.6) is 0 Å².